The molecule has 2 amide bonds. The van der Waals surface area contributed by atoms with E-state index in [9.17, 15) is 9.59 Å². The smallest absolute Gasteiger partial charge is 0.246 e. The van der Waals surface area contributed by atoms with Crippen LogP contribution < -0.4 is 5.32 Å². The van der Waals surface area contributed by atoms with Gasteiger partial charge in [0.25, 0.3) is 0 Å². The maximum absolute atomic E-state index is 12.6. The van der Waals surface area contributed by atoms with E-state index in [1.807, 2.05) is 4.90 Å². The second kappa shape index (κ2) is 7.09. The minimum Gasteiger partial charge on any atom is -0.342 e. The molecule has 4 nitrogen and oxygen atoms in total. The highest BCUT2D eigenvalue weighted by atomic mass is 16.2. The van der Waals surface area contributed by atoms with Gasteiger partial charge >= 0.3 is 0 Å². The molecule has 2 rings (SSSR count). The van der Waals surface area contributed by atoms with E-state index in [-0.39, 0.29) is 23.9 Å². The standard InChI is InChI=1S/C16H28N2O2/c1-3-5-6-7-11-18-13(8-4-2)15(19)17-14(16(18)20)12-9-10-12/h12-14H,3-11H2,1-2H3,(H,17,19). The molecule has 114 valence electrons. The molecule has 4 heteroatoms. The lowest BCUT2D eigenvalue weighted by atomic mass is 10.00. The highest BCUT2D eigenvalue weighted by Gasteiger charge is 2.46. The van der Waals surface area contributed by atoms with Gasteiger partial charge in [-0.25, -0.2) is 0 Å². The van der Waals surface area contributed by atoms with E-state index in [1.54, 1.807) is 0 Å². The molecule has 0 aromatic rings. The monoisotopic (exact) mass is 280 g/mol. The minimum atomic E-state index is -0.234. The SMILES string of the molecule is CCCCCCN1C(=O)C(C2CC2)NC(=O)C1CCC. The van der Waals surface area contributed by atoms with Gasteiger partial charge in [-0.3, -0.25) is 9.59 Å². The molecular weight excluding hydrogens is 252 g/mol. The summed E-state index contributed by atoms with van der Waals surface area (Å²) in [6.07, 6.45) is 8.45. The van der Waals surface area contributed by atoms with Crippen molar-refractivity contribution < 1.29 is 9.59 Å². The van der Waals surface area contributed by atoms with Gasteiger partial charge in [0.1, 0.15) is 12.1 Å². The van der Waals surface area contributed by atoms with Crippen LogP contribution in [0.15, 0.2) is 0 Å². The minimum absolute atomic E-state index is 0.0684. The van der Waals surface area contributed by atoms with Crippen LogP contribution >= 0.6 is 0 Å². The molecule has 1 saturated heterocycles. The quantitative estimate of drug-likeness (QED) is 0.694. The molecule has 2 atom stereocenters. The highest BCUT2D eigenvalue weighted by molar-refractivity contribution is 5.97. The van der Waals surface area contributed by atoms with E-state index in [0.29, 0.717) is 5.92 Å². The first-order valence-corrected chi connectivity index (χ1v) is 8.29. The van der Waals surface area contributed by atoms with Crippen molar-refractivity contribution in [3.05, 3.63) is 0 Å². The van der Waals surface area contributed by atoms with Crippen LogP contribution in [0.4, 0.5) is 0 Å². The number of unbranched alkanes of at least 4 members (excludes halogenated alkanes) is 3. The molecule has 1 aliphatic heterocycles. The summed E-state index contributed by atoms with van der Waals surface area (Å²) in [5, 5.41) is 2.96. The number of hydrogen-bond acceptors (Lipinski definition) is 2. The summed E-state index contributed by atoms with van der Waals surface area (Å²) in [6.45, 7) is 5.00. The first kappa shape index (κ1) is 15.3. The van der Waals surface area contributed by atoms with Gasteiger partial charge in [-0.2, -0.15) is 0 Å². The number of carbonyl (C=O) groups is 2. The molecule has 1 N–H and O–H groups in total. The number of hydrogen-bond donors (Lipinski definition) is 1. The third-order valence-corrected chi connectivity index (χ3v) is 4.43. The Bertz CT molecular complexity index is 352. The lowest BCUT2D eigenvalue weighted by Gasteiger charge is -2.39. The molecule has 2 aliphatic rings. The predicted molar refractivity (Wildman–Crippen MR) is 79.2 cm³/mol. The van der Waals surface area contributed by atoms with Crippen LogP contribution in [0.5, 0.6) is 0 Å². The van der Waals surface area contributed by atoms with Crippen LogP contribution in [0.2, 0.25) is 0 Å². The van der Waals surface area contributed by atoms with Crippen LogP contribution in [0.25, 0.3) is 0 Å². The van der Waals surface area contributed by atoms with Crippen molar-refractivity contribution in [2.75, 3.05) is 6.54 Å². The van der Waals surface area contributed by atoms with Crippen LogP contribution in [0, 0.1) is 5.92 Å². The van der Waals surface area contributed by atoms with Gasteiger partial charge in [0.2, 0.25) is 11.8 Å². The Hall–Kier alpha value is -1.06. The van der Waals surface area contributed by atoms with Gasteiger partial charge in [0.05, 0.1) is 0 Å². The third-order valence-electron chi connectivity index (χ3n) is 4.43. The van der Waals surface area contributed by atoms with E-state index in [2.05, 4.69) is 19.2 Å². The Labute approximate surface area is 122 Å². The second-order valence-electron chi connectivity index (χ2n) is 6.22. The fourth-order valence-corrected chi connectivity index (χ4v) is 3.07. The largest absolute Gasteiger partial charge is 0.342 e. The average molecular weight is 280 g/mol. The van der Waals surface area contributed by atoms with E-state index < -0.39 is 0 Å². The molecule has 20 heavy (non-hydrogen) atoms. The van der Waals surface area contributed by atoms with Crippen molar-refractivity contribution in [1.29, 1.82) is 0 Å². The maximum Gasteiger partial charge on any atom is 0.246 e. The van der Waals surface area contributed by atoms with Crippen LogP contribution in [-0.4, -0.2) is 35.3 Å². The molecule has 0 spiro atoms. The zero-order valence-corrected chi connectivity index (χ0v) is 12.9. The Kier molecular flexibility index (Phi) is 5.44. The van der Waals surface area contributed by atoms with Gasteiger partial charge in [-0.1, -0.05) is 39.5 Å². The normalized spacial score (nSPS) is 26.8. The van der Waals surface area contributed by atoms with Crippen molar-refractivity contribution in [1.82, 2.24) is 10.2 Å². The molecular formula is C16H28N2O2. The molecule has 1 saturated carbocycles. The van der Waals surface area contributed by atoms with Crippen LogP contribution in [0.3, 0.4) is 0 Å². The molecule has 0 aromatic heterocycles. The lowest BCUT2D eigenvalue weighted by molar-refractivity contribution is -0.150. The average Bonchev–Trinajstić information content (AvgIpc) is 3.25. The Morgan fingerprint density at radius 1 is 1.10 bits per heavy atom. The summed E-state index contributed by atoms with van der Waals surface area (Å²) in [4.78, 5) is 26.8. The first-order chi connectivity index (χ1) is 9.69. The van der Waals surface area contributed by atoms with E-state index >= 15 is 0 Å². The first-order valence-electron chi connectivity index (χ1n) is 8.29. The van der Waals surface area contributed by atoms with Crippen LogP contribution in [-0.2, 0) is 9.59 Å². The summed E-state index contributed by atoms with van der Waals surface area (Å²) in [7, 11) is 0. The summed E-state index contributed by atoms with van der Waals surface area (Å²) >= 11 is 0. The molecule has 1 aliphatic carbocycles. The Balaban J connectivity index is 1.99. The number of amides is 2. The molecule has 2 unspecified atom stereocenters. The fraction of sp³-hybridized carbons (Fsp3) is 0.875. The van der Waals surface area contributed by atoms with Gasteiger partial charge in [-0.05, 0) is 31.6 Å². The van der Waals surface area contributed by atoms with Crippen LogP contribution in [0.1, 0.15) is 65.2 Å². The zero-order chi connectivity index (χ0) is 14.5. The number of carbonyl (C=O) groups excluding carboxylic acids is 2. The fourth-order valence-electron chi connectivity index (χ4n) is 3.07. The molecule has 2 fully saturated rings. The molecule has 0 bridgehead atoms. The Morgan fingerprint density at radius 3 is 2.45 bits per heavy atom. The maximum atomic E-state index is 12.6. The number of piperazine rings is 1. The second-order valence-corrected chi connectivity index (χ2v) is 6.22. The van der Waals surface area contributed by atoms with E-state index in [4.69, 9.17) is 0 Å². The Morgan fingerprint density at radius 2 is 1.85 bits per heavy atom. The summed E-state index contributed by atoms with van der Waals surface area (Å²) in [5.74, 6) is 0.632. The van der Waals surface area contributed by atoms with E-state index in [0.717, 1.165) is 45.1 Å². The number of nitrogens with one attached hydrogen (secondary N) is 1. The van der Waals surface area contributed by atoms with Gasteiger partial charge in [0, 0.05) is 6.54 Å². The summed E-state index contributed by atoms with van der Waals surface area (Å²) < 4.78 is 0. The number of rotatable bonds is 8. The summed E-state index contributed by atoms with van der Waals surface area (Å²) in [5.41, 5.74) is 0. The van der Waals surface area contributed by atoms with Gasteiger partial charge in [-0.15, -0.1) is 0 Å². The predicted octanol–water partition coefficient (Wildman–Crippen LogP) is 2.47. The van der Waals surface area contributed by atoms with Gasteiger partial charge in [0.15, 0.2) is 0 Å². The highest BCUT2D eigenvalue weighted by Crippen LogP contribution is 2.35. The van der Waals surface area contributed by atoms with Crippen molar-refractivity contribution >= 4 is 11.8 Å². The molecule has 0 radical (unpaired) electrons. The van der Waals surface area contributed by atoms with Crippen molar-refractivity contribution in [2.45, 2.75) is 77.3 Å². The lowest BCUT2D eigenvalue weighted by Crippen LogP contribution is -2.64. The van der Waals surface area contributed by atoms with E-state index in [1.165, 1.54) is 12.8 Å². The van der Waals surface area contributed by atoms with Crippen molar-refractivity contribution in [2.24, 2.45) is 5.92 Å². The zero-order valence-electron chi connectivity index (χ0n) is 12.9. The van der Waals surface area contributed by atoms with Gasteiger partial charge < -0.3 is 10.2 Å². The van der Waals surface area contributed by atoms with Crippen molar-refractivity contribution in [3.63, 3.8) is 0 Å². The summed E-state index contributed by atoms with van der Waals surface area (Å²) in [6, 6.07) is -0.467. The molecule has 0 aromatic carbocycles. The number of nitrogens with zero attached hydrogens (tertiary/aromatic N) is 1. The topological polar surface area (TPSA) is 49.4 Å². The van der Waals surface area contributed by atoms with Crippen molar-refractivity contribution in [3.8, 4) is 0 Å². The third kappa shape index (κ3) is 3.53. The molecule has 1 heterocycles.